The molecule has 0 saturated heterocycles. The third kappa shape index (κ3) is 4.55. The standard InChI is InChI=1S/C20H18N2O3S/c1-25-16-9-7-14(8-10-16)17-13-26-20(21-17)22-19(24)12-11-18(23)15-5-3-2-4-6-15/h2-10,13H,11-12H2,1H3,(H,21,22,24). The molecule has 1 amide bonds. The maximum absolute atomic E-state index is 12.1. The highest BCUT2D eigenvalue weighted by molar-refractivity contribution is 7.14. The molecule has 1 aromatic heterocycles. The van der Waals surface area contributed by atoms with Crippen molar-refractivity contribution in [1.82, 2.24) is 4.98 Å². The van der Waals surface area contributed by atoms with Crippen molar-refractivity contribution in [2.45, 2.75) is 12.8 Å². The minimum Gasteiger partial charge on any atom is -0.497 e. The number of anilines is 1. The lowest BCUT2D eigenvalue weighted by Crippen LogP contribution is -2.13. The number of carbonyl (C=O) groups excluding carboxylic acids is 2. The summed E-state index contributed by atoms with van der Waals surface area (Å²) in [6.07, 6.45) is 0.303. The Morgan fingerprint density at radius 2 is 1.77 bits per heavy atom. The van der Waals surface area contributed by atoms with Gasteiger partial charge in [-0.15, -0.1) is 11.3 Å². The van der Waals surface area contributed by atoms with Gasteiger partial charge < -0.3 is 10.1 Å². The number of amides is 1. The van der Waals surface area contributed by atoms with Crippen LogP contribution in [0.1, 0.15) is 23.2 Å². The topological polar surface area (TPSA) is 68.3 Å². The lowest BCUT2D eigenvalue weighted by atomic mass is 10.1. The Morgan fingerprint density at radius 3 is 2.46 bits per heavy atom. The monoisotopic (exact) mass is 366 g/mol. The Morgan fingerprint density at radius 1 is 1.04 bits per heavy atom. The second-order valence-electron chi connectivity index (χ2n) is 5.60. The van der Waals surface area contributed by atoms with Crippen molar-refractivity contribution in [2.24, 2.45) is 0 Å². The smallest absolute Gasteiger partial charge is 0.226 e. The molecular weight excluding hydrogens is 348 g/mol. The first-order valence-corrected chi connectivity index (χ1v) is 9.02. The van der Waals surface area contributed by atoms with Gasteiger partial charge in [-0.1, -0.05) is 30.3 Å². The summed E-state index contributed by atoms with van der Waals surface area (Å²) in [7, 11) is 1.62. The number of rotatable bonds is 7. The van der Waals surface area contributed by atoms with Gasteiger partial charge in [0.1, 0.15) is 5.75 Å². The quantitative estimate of drug-likeness (QED) is 0.629. The number of hydrogen-bond donors (Lipinski definition) is 1. The minimum atomic E-state index is -0.218. The summed E-state index contributed by atoms with van der Waals surface area (Å²) in [5, 5.41) is 5.16. The van der Waals surface area contributed by atoms with E-state index in [0.717, 1.165) is 17.0 Å². The van der Waals surface area contributed by atoms with Gasteiger partial charge in [0.15, 0.2) is 10.9 Å². The van der Waals surface area contributed by atoms with Crippen molar-refractivity contribution in [2.75, 3.05) is 12.4 Å². The van der Waals surface area contributed by atoms with Gasteiger partial charge in [0.05, 0.1) is 12.8 Å². The summed E-state index contributed by atoms with van der Waals surface area (Å²) in [6, 6.07) is 16.5. The van der Waals surface area contributed by atoms with Crippen LogP contribution in [0.25, 0.3) is 11.3 Å². The van der Waals surface area contributed by atoms with E-state index in [1.165, 1.54) is 11.3 Å². The molecule has 26 heavy (non-hydrogen) atoms. The lowest BCUT2D eigenvalue weighted by molar-refractivity contribution is -0.116. The van der Waals surface area contributed by atoms with Crippen LogP contribution in [-0.2, 0) is 4.79 Å². The van der Waals surface area contributed by atoms with Crippen molar-refractivity contribution in [3.05, 3.63) is 65.5 Å². The number of Topliss-reactive ketones (excluding diaryl/α,β-unsaturated/α-hetero) is 1. The third-order valence-electron chi connectivity index (χ3n) is 3.81. The number of aromatic nitrogens is 1. The van der Waals surface area contributed by atoms with E-state index in [-0.39, 0.29) is 24.5 Å². The highest BCUT2D eigenvalue weighted by Gasteiger charge is 2.11. The molecule has 1 N–H and O–H groups in total. The van der Waals surface area contributed by atoms with Gasteiger partial charge >= 0.3 is 0 Å². The molecule has 0 atom stereocenters. The zero-order valence-electron chi connectivity index (χ0n) is 14.3. The molecule has 3 rings (SSSR count). The van der Waals surface area contributed by atoms with Crippen molar-refractivity contribution in [3.63, 3.8) is 0 Å². The molecule has 3 aromatic rings. The van der Waals surface area contributed by atoms with Gasteiger partial charge in [-0.05, 0) is 24.3 Å². The Hall–Kier alpha value is -2.99. The molecule has 0 saturated carbocycles. The van der Waals surface area contributed by atoms with E-state index >= 15 is 0 Å². The van der Waals surface area contributed by atoms with Gasteiger partial charge in [0, 0.05) is 29.3 Å². The summed E-state index contributed by atoms with van der Waals surface area (Å²) in [5.41, 5.74) is 2.35. The fourth-order valence-corrected chi connectivity index (χ4v) is 3.14. The number of benzene rings is 2. The van der Waals surface area contributed by atoms with E-state index in [2.05, 4.69) is 10.3 Å². The molecule has 0 aliphatic heterocycles. The number of methoxy groups -OCH3 is 1. The molecular formula is C20H18N2O3S. The second kappa shape index (κ2) is 8.40. The highest BCUT2D eigenvalue weighted by atomic mass is 32.1. The number of nitrogens with one attached hydrogen (secondary N) is 1. The molecule has 1 heterocycles. The van der Waals surface area contributed by atoms with Crippen LogP contribution in [0, 0.1) is 0 Å². The summed E-state index contributed by atoms with van der Waals surface area (Å²) < 4.78 is 5.14. The van der Waals surface area contributed by atoms with Gasteiger partial charge in [0.2, 0.25) is 5.91 Å². The average Bonchev–Trinajstić information content (AvgIpc) is 3.15. The van der Waals surface area contributed by atoms with Gasteiger partial charge in [-0.25, -0.2) is 4.98 Å². The summed E-state index contributed by atoms with van der Waals surface area (Å²) in [6.45, 7) is 0. The normalized spacial score (nSPS) is 10.3. The first kappa shape index (κ1) is 17.8. The molecule has 132 valence electrons. The number of ketones is 1. The van der Waals surface area contributed by atoms with Crippen LogP contribution in [0.5, 0.6) is 5.75 Å². The molecule has 0 unspecified atom stereocenters. The van der Waals surface area contributed by atoms with E-state index in [1.54, 1.807) is 19.2 Å². The van der Waals surface area contributed by atoms with E-state index in [0.29, 0.717) is 10.7 Å². The van der Waals surface area contributed by atoms with Crippen LogP contribution in [0.4, 0.5) is 5.13 Å². The zero-order chi connectivity index (χ0) is 18.4. The van der Waals surface area contributed by atoms with Crippen molar-refractivity contribution >= 4 is 28.2 Å². The molecule has 0 fully saturated rings. The van der Waals surface area contributed by atoms with Gasteiger partial charge in [-0.3, -0.25) is 9.59 Å². The van der Waals surface area contributed by atoms with Crippen molar-refractivity contribution < 1.29 is 14.3 Å². The number of ether oxygens (including phenoxy) is 1. The van der Waals surface area contributed by atoms with Crippen LogP contribution >= 0.6 is 11.3 Å². The number of carbonyl (C=O) groups is 2. The third-order valence-corrected chi connectivity index (χ3v) is 4.57. The Labute approximate surface area is 155 Å². The van der Waals surface area contributed by atoms with Gasteiger partial charge in [0.25, 0.3) is 0 Å². The largest absolute Gasteiger partial charge is 0.497 e. The molecule has 2 aromatic carbocycles. The summed E-state index contributed by atoms with van der Waals surface area (Å²) in [5.74, 6) is 0.518. The Bertz CT molecular complexity index is 889. The molecule has 0 spiro atoms. The Balaban J connectivity index is 1.55. The van der Waals surface area contributed by atoms with Crippen LogP contribution < -0.4 is 10.1 Å². The maximum Gasteiger partial charge on any atom is 0.226 e. The number of hydrogen-bond acceptors (Lipinski definition) is 5. The van der Waals surface area contributed by atoms with E-state index in [4.69, 9.17) is 4.74 Å². The lowest BCUT2D eigenvalue weighted by Gasteiger charge is -2.02. The maximum atomic E-state index is 12.1. The first-order chi connectivity index (χ1) is 12.7. The summed E-state index contributed by atoms with van der Waals surface area (Å²) >= 11 is 1.35. The number of nitrogens with zero attached hydrogens (tertiary/aromatic N) is 1. The van der Waals surface area contributed by atoms with Gasteiger partial charge in [-0.2, -0.15) is 0 Å². The minimum absolute atomic E-state index is 0.0428. The molecule has 0 bridgehead atoms. The van der Waals surface area contributed by atoms with E-state index < -0.39 is 0 Å². The molecule has 0 aliphatic carbocycles. The fourth-order valence-electron chi connectivity index (χ4n) is 2.40. The first-order valence-electron chi connectivity index (χ1n) is 8.14. The molecule has 5 nitrogen and oxygen atoms in total. The van der Waals surface area contributed by atoms with Crippen LogP contribution in [-0.4, -0.2) is 23.8 Å². The molecule has 0 radical (unpaired) electrons. The average molecular weight is 366 g/mol. The van der Waals surface area contributed by atoms with E-state index in [1.807, 2.05) is 47.8 Å². The second-order valence-corrected chi connectivity index (χ2v) is 6.46. The SMILES string of the molecule is COc1ccc(-c2csc(NC(=O)CCC(=O)c3ccccc3)n2)cc1. The fraction of sp³-hybridized carbons (Fsp3) is 0.150. The van der Waals surface area contributed by atoms with Crippen LogP contribution in [0.2, 0.25) is 0 Å². The number of thiazole rings is 1. The molecule has 0 aliphatic rings. The van der Waals surface area contributed by atoms with E-state index in [9.17, 15) is 9.59 Å². The van der Waals surface area contributed by atoms with Crippen molar-refractivity contribution in [1.29, 1.82) is 0 Å². The predicted molar refractivity (Wildman–Crippen MR) is 103 cm³/mol. The zero-order valence-corrected chi connectivity index (χ0v) is 15.1. The molecule has 6 heteroatoms. The Kier molecular flexibility index (Phi) is 5.76. The van der Waals surface area contributed by atoms with Crippen LogP contribution in [0.15, 0.2) is 60.0 Å². The highest BCUT2D eigenvalue weighted by Crippen LogP contribution is 2.26. The predicted octanol–water partition coefficient (Wildman–Crippen LogP) is 4.42. The summed E-state index contributed by atoms with van der Waals surface area (Å²) in [4.78, 5) is 28.5. The van der Waals surface area contributed by atoms with Crippen molar-refractivity contribution in [3.8, 4) is 17.0 Å². The van der Waals surface area contributed by atoms with Crippen LogP contribution in [0.3, 0.4) is 0 Å².